The Hall–Kier alpha value is -2.68. The van der Waals surface area contributed by atoms with E-state index in [4.69, 9.17) is 9.26 Å². The van der Waals surface area contributed by atoms with E-state index in [1.54, 1.807) is 17.9 Å². The van der Waals surface area contributed by atoms with Gasteiger partial charge in [-0.25, -0.2) is 0 Å². The minimum absolute atomic E-state index is 0.00697. The van der Waals surface area contributed by atoms with Crippen LogP contribution in [0.5, 0.6) is 0 Å². The van der Waals surface area contributed by atoms with Gasteiger partial charge < -0.3 is 24.8 Å². The summed E-state index contributed by atoms with van der Waals surface area (Å²) in [6, 6.07) is 1.03. The first-order valence-electron chi connectivity index (χ1n) is 12.7. The molecule has 182 valence electrons. The number of ether oxygens (including phenoxy) is 1. The number of hydrogen-bond donors (Lipinski definition) is 2. The van der Waals surface area contributed by atoms with Crippen LogP contribution in [0.3, 0.4) is 0 Å². The number of fused-ring (bicyclic) bond motifs is 1. The number of rotatable bonds is 5. The van der Waals surface area contributed by atoms with E-state index < -0.39 is 29.6 Å². The monoisotopic (exact) mass is 468 g/mol. The van der Waals surface area contributed by atoms with Crippen LogP contribution in [0.2, 0.25) is 0 Å². The smallest absolute Gasteiger partial charge is 0.246 e. The van der Waals surface area contributed by atoms with Crippen molar-refractivity contribution in [3.05, 3.63) is 24.0 Å². The van der Waals surface area contributed by atoms with Crippen LogP contribution in [0, 0.1) is 18.8 Å². The van der Waals surface area contributed by atoms with Crippen LogP contribution in [-0.2, 0) is 19.1 Å². The molecule has 2 saturated carbocycles. The molecule has 5 aliphatic rings. The Kier molecular flexibility index (Phi) is 5.28. The molecule has 2 saturated heterocycles. The molecule has 4 fully saturated rings. The van der Waals surface area contributed by atoms with Gasteiger partial charge in [0.15, 0.2) is 5.82 Å². The van der Waals surface area contributed by atoms with Gasteiger partial charge in [-0.2, -0.15) is 0 Å². The lowest BCUT2D eigenvalue weighted by atomic mass is 9.74. The van der Waals surface area contributed by atoms with Crippen molar-refractivity contribution in [2.75, 3.05) is 5.32 Å². The van der Waals surface area contributed by atoms with Gasteiger partial charge in [0.2, 0.25) is 17.7 Å². The highest BCUT2D eigenvalue weighted by Gasteiger charge is 2.73. The Morgan fingerprint density at radius 3 is 2.53 bits per heavy atom. The lowest BCUT2D eigenvalue weighted by Crippen LogP contribution is -2.58. The second-order valence-electron chi connectivity index (χ2n) is 10.5. The van der Waals surface area contributed by atoms with Gasteiger partial charge in [-0.15, -0.1) is 0 Å². The zero-order valence-electron chi connectivity index (χ0n) is 19.5. The maximum absolute atomic E-state index is 14.0. The fourth-order valence-corrected chi connectivity index (χ4v) is 6.94. The van der Waals surface area contributed by atoms with Crippen molar-refractivity contribution in [2.45, 2.75) is 94.5 Å². The molecule has 1 aromatic rings. The van der Waals surface area contributed by atoms with Gasteiger partial charge in [-0.3, -0.25) is 14.4 Å². The molecule has 6 rings (SSSR count). The zero-order chi connectivity index (χ0) is 23.4. The summed E-state index contributed by atoms with van der Waals surface area (Å²) in [5.74, 6) is -1.16. The normalized spacial score (nSPS) is 35.2. The molecule has 34 heavy (non-hydrogen) atoms. The third kappa shape index (κ3) is 3.31. The average Bonchev–Trinajstić information content (AvgIpc) is 3.63. The molecule has 3 aliphatic heterocycles. The SMILES string of the molecule is Cc1cc(NC(=O)[C@@H]2[C@H]3C=C[C@@]4(O3)[C@H]2C(=O)N(C2CCCC2)[C@@H]4C(=O)NC2CCCCC2)no1. The fraction of sp³-hybridized carbons (Fsp3) is 0.680. The van der Waals surface area contributed by atoms with Crippen molar-refractivity contribution in [1.29, 1.82) is 0 Å². The molecule has 9 nitrogen and oxygen atoms in total. The predicted molar refractivity (Wildman–Crippen MR) is 121 cm³/mol. The van der Waals surface area contributed by atoms with Crippen LogP contribution in [0.25, 0.3) is 0 Å². The standard InChI is InChI=1S/C25H32N4O5/c1-14-13-18(28-34-14)27-22(30)19-17-11-12-25(33-17)20(19)24(32)29(16-9-5-6-10-16)21(25)23(31)26-15-7-3-2-4-8-15/h11-13,15-17,19-21H,2-10H2,1H3,(H,26,31)(H,27,28,30)/t17-,19-,20-,21-,25-/m1/s1. The first-order valence-corrected chi connectivity index (χ1v) is 12.7. The van der Waals surface area contributed by atoms with E-state index in [-0.39, 0.29) is 29.8 Å². The van der Waals surface area contributed by atoms with Gasteiger partial charge in [0.25, 0.3) is 0 Å². The van der Waals surface area contributed by atoms with Gasteiger partial charge in [0, 0.05) is 18.2 Å². The topological polar surface area (TPSA) is 114 Å². The summed E-state index contributed by atoms with van der Waals surface area (Å²) >= 11 is 0. The van der Waals surface area contributed by atoms with Crippen molar-refractivity contribution in [3.8, 4) is 0 Å². The number of aromatic nitrogens is 1. The molecule has 1 aromatic heterocycles. The molecular formula is C25H32N4O5. The number of carbonyl (C=O) groups is 3. The number of nitrogens with zero attached hydrogens (tertiary/aromatic N) is 2. The van der Waals surface area contributed by atoms with Gasteiger partial charge in [0.1, 0.15) is 17.4 Å². The summed E-state index contributed by atoms with van der Waals surface area (Å²) < 4.78 is 11.5. The van der Waals surface area contributed by atoms with Crippen LogP contribution in [0.1, 0.15) is 63.5 Å². The Morgan fingerprint density at radius 1 is 1.09 bits per heavy atom. The molecule has 0 radical (unpaired) electrons. The number of nitrogens with one attached hydrogen (secondary N) is 2. The Bertz CT molecular complexity index is 1020. The molecule has 0 unspecified atom stereocenters. The number of aryl methyl sites for hydroxylation is 1. The number of carbonyl (C=O) groups excluding carboxylic acids is 3. The van der Waals surface area contributed by atoms with Crippen molar-refractivity contribution >= 4 is 23.5 Å². The van der Waals surface area contributed by atoms with E-state index in [1.807, 2.05) is 12.2 Å². The molecule has 2 aliphatic carbocycles. The second-order valence-corrected chi connectivity index (χ2v) is 10.5. The largest absolute Gasteiger partial charge is 0.360 e. The molecule has 3 amide bonds. The van der Waals surface area contributed by atoms with Crippen molar-refractivity contribution in [1.82, 2.24) is 15.4 Å². The maximum atomic E-state index is 14.0. The third-order valence-electron chi connectivity index (χ3n) is 8.41. The van der Waals surface area contributed by atoms with E-state index in [0.29, 0.717) is 11.6 Å². The number of likely N-dealkylation sites (tertiary alicyclic amines) is 1. The minimum atomic E-state index is -1.11. The molecule has 5 atom stereocenters. The molecule has 2 bridgehead atoms. The fourth-order valence-electron chi connectivity index (χ4n) is 6.94. The molecule has 9 heteroatoms. The quantitative estimate of drug-likeness (QED) is 0.642. The lowest BCUT2D eigenvalue weighted by Gasteiger charge is -2.36. The van der Waals surface area contributed by atoms with E-state index in [2.05, 4.69) is 15.8 Å². The van der Waals surface area contributed by atoms with Crippen LogP contribution in [-0.4, -0.2) is 57.6 Å². The average molecular weight is 469 g/mol. The summed E-state index contributed by atoms with van der Waals surface area (Å²) in [4.78, 5) is 42.9. The summed E-state index contributed by atoms with van der Waals surface area (Å²) in [5, 5.41) is 9.88. The summed E-state index contributed by atoms with van der Waals surface area (Å²) in [5.41, 5.74) is -1.11. The van der Waals surface area contributed by atoms with Gasteiger partial charge in [0.05, 0.1) is 17.9 Å². The first-order chi connectivity index (χ1) is 16.5. The van der Waals surface area contributed by atoms with Crippen LogP contribution in [0.15, 0.2) is 22.7 Å². The summed E-state index contributed by atoms with van der Waals surface area (Å²) in [6.45, 7) is 1.75. The number of amides is 3. The molecule has 4 heterocycles. The molecular weight excluding hydrogens is 436 g/mol. The highest BCUT2D eigenvalue weighted by molar-refractivity contribution is 6.02. The minimum Gasteiger partial charge on any atom is -0.360 e. The highest BCUT2D eigenvalue weighted by atomic mass is 16.5. The van der Waals surface area contributed by atoms with E-state index >= 15 is 0 Å². The van der Waals surface area contributed by atoms with Crippen LogP contribution in [0.4, 0.5) is 5.82 Å². The highest BCUT2D eigenvalue weighted by Crippen LogP contribution is 2.56. The maximum Gasteiger partial charge on any atom is 0.246 e. The first kappa shape index (κ1) is 21.8. The van der Waals surface area contributed by atoms with Gasteiger partial charge in [-0.05, 0) is 32.6 Å². The van der Waals surface area contributed by atoms with Gasteiger partial charge in [-0.1, -0.05) is 49.4 Å². The molecule has 0 aromatic carbocycles. The Morgan fingerprint density at radius 2 is 1.82 bits per heavy atom. The number of anilines is 1. The second kappa shape index (κ2) is 8.22. The van der Waals surface area contributed by atoms with Crippen LogP contribution < -0.4 is 10.6 Å². The van der Waals surface area contributed by atoms with Crippen molar-refractivity contribution in [2.24, 2.45) is 11.8 Å². The summed E-state index contributed by atoms with van der Waals surface area (Å²) in [6.07, 6.45) is 12.4. The molecule has 1 spiro atoms. The van der Waals surface area contributed by atoms with Crippen molar-refractivity contribution < 1.29 is 23.6 Å². The Labute approximate surface area is 198 Å². The van der Waals surface area contributed by atoms with Crippen molar-refractivity contribution in [3.63, 3.8) is 0 Å². The third-order valence-corrected chi connectivity index (χ3v) is 8.41. The number of hydrogen-bond acceptors (Lipinski definition) is 6. The van der Waals surface area contributed by atoms with E-state index in [1.165, 1.54) is 6.42 Å². The van der Waals surface area contributed by atoms with E-state index in [9.17, 15) is 14.4 Å². The Balaban J connectivity index is 1.32. The predicted octanol–water partition coefficient (Wildman–Crippen LogP) is 2.46. The molecule has 2 N–H and O–H groups in total. The lowest BCUT2D eigenvalue weighted by molar-refractivity contribution is -0.144. The van der Waals surface area contributed by atoms with Crippen LogP contribution >= 0.6 is 0 Å². The zero-order valence-corrected chi connectivity index (χ0v) is 19.5. The summed E-state index contributed by atoms with van der Waals surface area (Å²) in [7, 11) is 0. The van der Waals surface area contributed by atoms with E-state index in [0.717, 1.165) is 51.4 Å². The van der Waals surface area contributed by atoms with Gasteiger partial charge >= 0.3 is 0 Å².